The topological polar surface area (TPSA) is 12.0 Å². The first-order valence-electron chi connectivity index (χ1n) is 11.1. The third-order valence-corrected chi connectivity index (χ3v) is 6.22. The minimum absolute atomic E-state index is 0.0555. The molecule has 1 nitrogen and oxygen atoms in total. The van der Waals surface area contributed by atoms with Gasteiger partial charge >= 0.3 is 0 Å². The molecule has 0 saturated heterocycles. The summed E-state index contributed by atoms with van der Waals surface area (Å²) in [6.45, 7) is 7.55. The van der Waals surface area contributed by atoms with Crippen LogP contribution in [0.15, 0.2) is 91.0 Å². The summed E-state index contributed by atoms with van der Waals surface area (Å²) in [6, 6.07) is 33.1. The zero-order valence-corrected chi connectivity index (χ0v) is 18.5. The van der Waals surface area contributed by atoms with Crippen LogP contribution in [0.5, 0.6) is 0 Å². The maximum Gasteiger partial charge on any atom is 0.0355 e. The highest BCUT2D eigenvalue weighted by Gasteiger charge is 2.30. The van der Waals surface area contributed by atoms with Crippen LogP contribution < -0.4 is 5.32 Å². The minimum Gasteiger partial charge on any atom is -0.308 e. The molecular weight excluding hydrogens is 374 g/mol. The van der Waals surface area contributed by atoms with E-state index in [1.54, 1.807) is 0 Å². The summed E-state index contributed by atoms with van der Waals surface area (Å²) in [7, 11) is 0. The average molecular weight is 404 g/mol. The van der Waals surface area contributed by atoms with Gasteiger partial charge in [-0.1, -0.05) is 91.0 Å². The molecule has 1 aliphatic rings. The van der Waals surface area contributed by atoms with Gasteiger partial charge in [-0.25, -0.2) is 0 Å². The van der Waals surface area contributed by atoms with Gasteiger partial charge in [-0.3, -0.25) is 0 Å². The van der Waals surface area contributed by atoms with Crippen LogP contribution in [-0.4, -0.2) is 5.54 Å². The second kappa shape index (κ2) is 7.83. The standard InChI is InChI=1S/C30H29N/c1-30(2,3)31-20-28-24-15-9-7-13-22(24)17-18-26(28)29-25-16-10-8-14-23(25)19-27(29)21-11-5-4-6-12-21/h4-19,29,31H,20H2,1-3H3. The number of fused-ring (bicyclic) bond motifs is 2. The van der Waals surface area contributed by atoms with Gasteiger partial charge in [-0.2, -0.15) is 0 Å². The van der Waals surface area contributed by atoms with Crippen LogP contribution in [0.25, 0.3) is 22.4 Å². The molecule has 0 aromatic heterocycles. The van der Waals surface area contributed by atoms with E-state index in [1.165, 1.54) is 44.2 Å². The van der Waals surface area contributed by atoms with Crippen LogP contribution >= 0.6 is 0 Å². The minimum atomic E-state index is 0.0555. The number of allylic oxidation sites excluding steroid dienone is 1. The lowest BCUT2D eigenvalue weighted by atomic mass is 9.81. The molecule has 154 valence electrons. The lowest BCUT2D eigenvalue weighted by molar-refractivity contribution is 0.424. The number of nitrogens with one attached hydrogen (secondary N) is 1. The Balaban J connectivity index is 1.72. The molecular formula is C30H29N. The Morgan fingerprint density at radius 3 is 2.23 bits per heavy atom. The fraction of sp³-hybridized carbons (Fsp3) is 0.200. The first-order chi connectivity index (χ1) is 15.0. The van der Waals surface area contributed by atoms with Gasteiger partial charge in [0.2, 0.25) is 0 Å². The number of rotatable bonds is 4. The summed E-state index contributed by atoms with van der Waals surface area (Å²) in [6.07, 6.45) is 2.38. The molecule has 1 unspecified atom stereocenters. The Labute approximate surface area is 185 Å². The molecule has 0 bridgehead atoms. The van der Waals surface area contributed by atoms with Crippen LogP contribution in [0.1, 0.15) is 54.5 Å². The SMILES string of the molecule is CC(C)(C)NCc1c(C2C(c3ccccc3)=Cc3ccccc32)ccc2ccccc12. The van der Waals surface area contributed by atoms with Crippen molar-refractivity contribution in [3.8, 4) is 0 Å². The first kappa shape index (κ1) is 19.8. The fourth-order valence-corrected chi connectivity index (χ4v) is 4.71. The molecule has 0 fully saturated rings. The summed E-state index contributed by atoms with van der Waals surface area (Å²) in [5.74, 6) is 0.236. The van der Waals surface area contributed by atoms with Gasteiger partial charge in [0.15, 0.2) is 0 Å². The molecule has 0 heterocycles. The Hall–Kier alpha value is -3.16. The van der Waals surface area contributed by atoms with Gasteiger partial charge < -0.3 is 5.32 Å². The zero-order valence-electron chi connectivity index (χ0n) is 18.5. The van der Waals surface area contributed by atoms with E-state index in [9.17, 15) is 0 Å². The summed E-state index contributed by atoms with van der Waals surface area (Å²) in [4.78, 5) is 0. The monoisotopic (exact) mass is 403 g/mol. The third-order valence-electron chi connectivity index (χ3n) is 6.22. The molecule has 1 atom stereocenters. The van der Waals surface area contributed by atoms with E-state index in [1.807, 2.05) is 0 Å². The van der Waals surface area contributed by atoms with Crippen molar-refractivity contribution in [2.24, 2.45) is 0 Å². The van der Waals surface area contributed by atoms with Gasteiger partial charge in [-0.05, 0) is 71.0 Å². The summed E-state index contributed by atoms with van der Waals surface area (Å²) >= 11 is 0. The van der Waals surface area contributed by atoms with E-state index >= 15 is 0 Å². The van der Waals surface area contributed by atoms with Gasteiger partial charge in [0.05, 0.1) is 0 Å². The van der Waals surface area contributed by atoms with Gasteiger partial charge in [0, 0.05) is 18.0 Å². The lowest BCUT2D eigenvalue weighted by Gasteiger charge is -2.26. The molecule has 31 heavy (non-hydrogen) atoms. The molecule has 1 aliphatic carbocycles. The van der Waals surface area contributed by atoms with Crippen molar-refractivity contribution >= 4 is 22.4 Å². The second-order valence-electron chi connectivity index (χ2n) is 9.49. The number of hydrogen-bond donors (Lipinski definition) is 1. The Morgan fingerprint density at radius 2 is 1.42 bits per heavy atom. The number of hydrogen-bond acceptors (Lipinski definition) is 1. The van der Waals surface area contributed by atoms with Crippen LogP contribution in [0.3, 0.4) is 0 Å². The molecule has 0 amide bonds. The molecule has 5 rings (SSSR count). The molecule has 0 radical (unpaired) electrons. The lowest BCUT2D eigenvalue weighted by Crippen LogP contribution is -2.35. The molecule has 0 spiro atoms. The Kier molecular flexibility index (Phi) is 5.00. The van der Waals surface area contributed by atoms with Crippen LogP contribution in [-0.2, 0) is 6.54 Å². The molecule has 1 heteroatoms. The molecule has 1 N–H and O–H groups in total. The smallest absolute Gasteiger partial charge is 0.0355 e. The predicted octanol–water partition coefficient (Wildman–Crippen LogP) is 7.41. The summed E-state index contributed by atoms with van der Waals surface area (Å²) in [5.41, 5.74) is 8.26. The molecule has 0 saturated carbocycles. The maximum atomic E-state index is 3.75. The van der Waals surface area contributed by atoms with Crippen LogP contribution in [0, 0.1) is 0 Å². The second-order valence-corrected chi connectivity index (χ2v) is 9.49. The predicted molar refractivity (Wildman–Crippen MR) is 133 cm³/mol. The van der Waals surface area contributed by atoms with E-state index in [4.69, 9.17) is 0 Å². The van der Waals surface area contributed by atoms with Crippen molar-refractivity contribution < 1.29 is 0 Å². The number of benzene rings is 4. The normalized spacial score (nSPS) is 15.7. The Morgan fingerprint density at radius 1 is 0.710 bits per heavy atom. The highest BCUT2D eigenvalue weighted by molar-refractivity contribution is 5.96. The van der Waals surface area contributed by atoms with Crippen molar-refractivity contribution in [1.29, 1.82) is 0 Å². The Bertz CT molecular complexity index is 1260. The van der Waals surface area contributed by atoms with E-state index in [2.05, 4.69) is 123 Å². The third kappa shape index (κ3) is 3.82. The molecule has 0 aliphatic heterocycles. The van der Waals surface area contributed by atoms with Crippen LogP contribution in [0.2, 0.25) is 0 Å². The van der Waals surface area contributed by atoms with E-state index in [0.29, 0.717) is 0 Å². The first-order valence-corrected chi connectivity index (χ1v) is 11.1. The fourth-order valence-electron chi connectivity index (χ4n) is 4.71. The largest absolute Gasteiger partial charge is 0.308 e. The van der Waals surface area contributed by atoms with Gasteiger partial charge in [0.1, 0.15) is 0 Å². The zero-order chi connectivity index (χ0) is 21.4. The quantitative estimate of drug-likeness (QED) is 0.374. The van der Waals surface area contributed by atoms with Crippen molar-refractivity contribution in [2.45, 2.75) is 38.8 Å². The van der Waals surface area contributed by atoms with Gasteiger partial charge in [0.25, 0.3) is 0 Å². The van der Waals surface area contributed by atoms with E-state index in [-0.39, 0.29) is 11.5 Å². The van der Waals surface area contributed by atoms with Crippen molar-refractivity contribution in [1.82, 2.24) is 5.32 Å². The van der Waals surface area contributed by atoms with Crippen molar-refractivity contribution in [3.05, 3.63) is 119 Å². The van der Waals surface area contributed by atoms with Crippen molar-refractivity contribution in [2.75, 3.05) is 0 Å². The van der Waals surface area contributed by atoms with E-state index < -0.39 is 0 Å². The molecule has 4 aromatic rings. The van der Waals surface area contributed by atoms with Crippen molar-refractivity contribution in [3.63, 3.8) is 0 Å². The highest BCUT2D eigenvalue weighted by Crippen LogP contribution is 2.47. The van der Waals surface area contributed by atoms with Gasteiger partial charge in [-0.15, -0.1) is 0 Å². The summed E-state index contributed by atoms with van der Waals surface area (Å²) in [5, 5.41) is 6.39. The average Bonchev–Trinajstić information content (AvgIpc) is 3.17. The molecule has 4 aromatic carbocycles. The summed E-state index contributed by atoms with van der Waals surface area (Å²) < 4.78 is 0. The highest BCUT2D eigenvalue weighted by atomic mass is 14.9. The van der Waals surface area contributed by atoms with E-state index in [0.717, 1.165) is 6.54 Å². The maximum absolute atomic E-state index is 3.75. The van der Waals surface area contributed by atoms with Crippen LogP contribution in [0.4, 0.5) is 0 Å².